The van der Waals surface area contributed by atoms with Crippen LogP contribution in [0.3, 0.4) is 0 Å². The van der Waals surface area contributed by atoms with Gasteiger partial charge in [-0.05, 0) is 32.6 Å². The van der Waals surface area contributed by atoms with Gasteiger partial charge in [0.15, 0.2) is 0 Å². The molecule has 0 unspecified atom stereocenters. The minimum absolute atomic E-state index is 0.562. The molecule has 1 aliphatic heterocycles. The van der Waals surface area contributed by atoms with Crippen LogP contribution in [0.1, 0.15) is 24.2 Å². The van der Waals surface area contributed by atoms with Gasteiger partial charge < -0.3 is 15.8 Å². The first-order valence-electron chi connectivity index (χ1n) is 6.09. The van der Waals surface area contributed by atoms with E-state index in [2.05, 4.69) is 15.3 Å². The SMILES string of the molecule is Cc1nc(N)c(C)c(NCC2CCOCC2)n1. The van der Waals surface area contributed by atoms with E-state index < -0.39 is 0 Å². The number of rotatable bonds is 3. The molecule has 3 N–H and O–H groups in total. The summed E-state index contributed by atoms with van der Waals surface area (Å²) in [5.41, 5.74) is 6.75. The van der Waals surface area contributed by atoms with Crippen LogP contribution in [0.25, 0.3) is 0 Å². The molecule has 1 aromatic rings. The number of aromatic nitrogens is 2. The Morgan fingerprint density at radius 3 is 2.71 bits per heavy atom. The van der Waals surface area contributed by atoms with E-state index >= 15 is 0 Å². The minimum Gasteiger partial charge on any atom is -0.383 e. The standard InChI is InChI=1S/C12H20N4O/c1-8-11(13)15-9(2)16-12(8)14-7-10-3-5-17-6-4-10/h10H,3-7H2,1-2H3,(H3,13,14,15,16). The molecule has 2 heterocycles. The van der Waals surface area contributed by atoms with Crippen molar-refractivity contribution in [1.29, 1.82) is 0 Å². The molecule has 0 radical (unpaired) electrons. The van der Waals surface area contributed by atoms with E-state index in [4.69, 9.17) is 10.5 Å². The summed E-state index contributed by atoms with van der Waals surface area (Å²) in [6.45, 7) is 6.48. The molecule has 0 aliphatic carbocycles. The van der Waals surface area contributed by atoms with Crippen LogP contribution >= 0.6 is 0 Å². The molecule has 0 atom stereocenters. The van der Waals surface area contributed by atoms with E-state index in [1.54, 1.807) is 0 Å². The van der Waals surface area contributed by atoms with Crippen molar-refractivity contribution in [3.8, 4) is 0 Å². The molecule has 1 saturated heterocycles. The predicted molar refractivity (Wildman–Crippen MR) is 68.0 cm³/mol. The normalized spacial score (nSPS) is 17.1. The highest BCUT2D eigenvalue weighted by molar-refractivity contribution is 5.54. The molecule has 0 aromatic carbocycles. The summed E-state index contributed by atoms with van der Waals surface area (Å²) in [4.78, 5) is 8.52. The van der Waals surface area contributed by atoms with Crippen molar-refractivity contribution < 1.29 is 4.74 Å². The van der Waals surface area contributed by atoms with Gasteiger partial charge in [0.1, 0.15) is 17.5 Å². The molecule has 5 heteroatoms. The first kappa shape index (κ1) is 12.1. The molecule has 1 fully saturated rings. The molecule has 94 valence electrons. The van der Waals surface area contributed by atoms with Gasteiger partial charge in [0.05, 0.1) is 0 Å². The van der Waals surface area contributed by atoms with Gasteiger partial charge in [-0.1, -0.05) is 0 Å². The number of ether oxygens (including phenoxy) is 1. The molecule has 1 aliphatic rings. The van der Waals surface area contributed by atoms with Gasteiger partial charge in [-0.3, -0.25) is 0 Å². The smallest absolute Gasteiger partial charge is 0.134 e. The molecule has 1 aromatic heterocycles. The number of hydrogen-bond donors (Lipinski definition) is 2. The molecule has 0 amide bonds. The third-order valence-electron chi connectivity index (χ3n) is 3.19. The van der Waals surface area contributed by atoms with Crippen molar-refractivity contribution in [2.24, 2.45) is 5.92 Å². The topological polar surface area (TPSA) is 73.1 Å². The number of nitrogen functional groups attached to an aromatic ring is 1. The fraction of sp³-hybridized carbons (Fsp3) is 0.667. The molecule has 5 nitrogen and oxygen atoms in total. The molecule has 2 rings (SSSR count). The molecular weight excluding hydrogens is 216 g/mol. The molecule has 0 bridgehead atoms. The maximum absolute atomic E-state index is 5.82. The molecule has 0 spiro atoms. The minimum atomic E-state index is 0.562. The summed E-state index contributed by atoms with van der Waals surface area (Å²) in [5, 5.41) is 3.38. The second-order valence-corrected chi connectivity index (χ2v) is 4.57. The molecule has 0 saturated carbocycles. The zero-order valence-electron chi connectivity index (χ0n) is 10.5. The number of hydrogen-bond acceptors (Lipinski definition) is 5. The average molecular weight is 236 g/mol. The van der Waals surface area contributed by atoms with Gasteiger partial charge in [-0.15, -0.1) is 0 Å². The highest BCUT2D eigenvalue weighted by Crippen LogP contribution is 2.19. The second-order valence-electron chi connectivity index (χ2n) is 4.57. The summed E-state index contributed by atoms with van der Waals surface area (Å²) < 4.78 is 5.34. The number of nitrogens with one attached hydrogen (secondary N) is 1. The van der Waals surface area contributed by atoms with Gasteiger partial charge >= 0.3 is 0 Å². The number of nitrogens with zero attached hydrogens (tertiary/aromatic N) is 2. The fourth-order valence-electron chi connectivity index (χ4n) is 2.01. The van der Waals surface area contributed by atoms with Crippen LogP contribution in [0.4, 0.5) is 11.6 Å². The van der Waals surface area contributed by atoms with E-state index in [0.717, 1.165) is 44.0 Å². The fourth-order valence-corrected chi connectivity index (χ4v) is 2.01. The van der Waals surface area contributed by atoms with Crippen LogP contribution in [0.5, 0.6) is 0 Å². The van der Waals surface area contributed by atoms with Crippen LogP contribution in [-0.4, -0.2) is 29.7 Å². The van der Waals surface area contributed by atoms with Crippen molar-refractivity contribution in [2.45, 2.75) is 26.7 Å². The summed E-state index contributed by atoms with van der Waals surface area (Å²) in [6, 6.07) is 0. The highest BCUT2D eigenvalue weighted by atomic mass is 16.5. The predicted octanol–water partition coefficient (Wildman–Crippen LogP) is 1.51. The van der Waals surface area contributed by atoms with Crippen molar-refractivity contribution in [2.75, 3.05) is 30.8 Å². The van der Waals surface area contributed by atoms with Crippen LogP contribution in [0, 0.1) is 19.8 Å². The van der Waals surface area contributed by atoms with E-state index in [1.165, 1.54) is 0 Å². The van der Waals surface area contributed by atoms with Crippen LogP contribution < -0.4 is 11.1 Å². The van der Waals surface area contributed by atoms with Crippen LogP contribution in [-0.2, 0) is 4.74 Å². The van der Waals surface area contributed by atoms with E-state index in [0.29, 0.717) is 17.6 Å². The number of aryl methyl sites for hydroxylation is 1. The lowest BCUT2D eigenvalue weighted by molar-refractivity contribution is 0.0699. The lowest BCUT2D eigenvalue weighted by atomic mass is 10.0. The lowest BCUT2D eigenvalue weighted by Gasteiger charge is -2.23. The van der Waals surface area contributed by atoms with Crippen molar-refractivity contribution >= 4 is 11.6 Å². The first-order chi connectivity index (χ1) is 8.16. The maximum atomic E-state index is 5.82. The van der Waals surface area contributed by atoms with Gasteiger partial charge in [0, 0.05) is 25.3 Å². The Morgan fingerprint density at radius 1 is 1.29 bits per heavy atom. The molecule has 17 heavy (non-hydrogen) atoms. The van der Waals surface area contributed by atoms with E-state index in [1.807, 2.05) is 13.8 Å². The quantitative estimate of drug-likeness (QED) is 0.832. The Kier molecular flexibility index (Phi) is 3.78. The largest absolute Gasteiger partial charge is 0.383 e. The number of nitrogens with two attached hydrogens (primary N) is 1. The molecular formula is C12H20N4O. The third kappa shape index (κ3) is 3.06. The van der Waals surface area contributed by atoms with Gasteiger partial charge in [-0.25, -0.2) is 9.97 Å². The number of anilines is 2. The Morgan fingerprint density at radius 2 is 2.00 bits per heavy atom. The maximum Gasteiger partial charge on any atom is 0.134 e. The van der Waals surface area contributed by atoms with Crippen LogP contribution in [0.2, 0.25) is 0 Å². The summed E-state index contributed by atoms with van der Waals surface area (Å²) in [6.07, 6.45) is 2.23. The Balaban J connectivity index is 1.98. The highest BCUT2D eigenvalue weighted by Gasteiger charge is 2.14. The van der Waals surface area contributed by atoms with Gasteiger partial charge in [0.2, 0.25) is 0 Å². The monoisotopic (exact) mass is 236 g/mol. The second kappa shape index (κ2) is 5.31. The van der Waals surface area contributed by atoms with E-state index in [9.17, 15) is 0 Å². The first-order valence-corrected chi connectivity index (χ1v) is 6.09. The average Bonchev–Trinajstić information content (AvgIpc) is 2.33. The van der Waals surface area contributed by atoms with Gasteiger partial charge in [0.25, 0.3) is 0 Å². The summed E-state index contributed by atoms with van der Waals surface area (Å²) in [7, 11) is 0. The van der Waals surface area contributed by atoms with Crippen molar-refractivity contribution in [3.05, 3.63) is 11.4 Å². The van der Waals surface area contributed by atoms with Gasteiger partial charge in [-0.2, -0.15) is 0 Å². The zero-order valence-corrected chi connectivity index (χ0v) is 10.5. The Bertz CT molecular complexity index is 388. The van der Waals surface area contributed by atoms with Crippen molar-refractivity contribution in [1.82, 2.24) is 9.97 Å². The Hall–Kier alpha value is -1.36. The zero-order chi connectivity index (χ0) is 12.3. The van der Waals surface area contributed by atoms with Crippen LogP contribution in [0.15, 0.2) is 0 Å². The lowest BCUT2D eigenvalue weighted by Crippen LogP contribution is -2.23. The summed E-state index contributed by atoms with van der Waals surface area (Å²) >= 11 is 0. The summed E-state index contributed by atoms with van der Waals surface area (Å²) in [5.74, 6) is 2.80. The van der Waals surface area contributed by atoms with E-state index in [-0.39, 0.29) is 0 Å². The Labute approximate surface area is 102 Å². The van der Waals surface area contributed by atoms with Crippen molar-refractivity contribution in [3.63, 3.8) is 0 Å². The third-order valence-corrected chi connectivity index (χ3v) is 3.19.